The third-order valence-corrected chi connectivity index (χ3v) is 51.1. The van der Waals surface area contributed by atoms with Gasteiger partial charge in [0.1, 0.15) is 0 Å². The van der Waals surface area contributed by atoms with Gasteiger partial charge in [-0.3, -0.25) is 0 Å². The predicted octanol–water partition coefficient (Wildman–Crippen LogP) is 13.5. The Kier molecular flexibility index (Phi) is 18.5. The quantitative estimate of drug-likeness (QED) is 0.113. The maximum atomic E-state index is 2.69. The molecular formula is C30H56S4Sn2. The molecule has 0 amide bonds. The predicted molar refractivity (Wildman–Crippen MR) is 183 cm³/mol. The number of unbranched alkanes of at least 4 members (excludes halogenated alkanes) is 6. The first-order valence-corrected chi connectivity index (χ1v) is 33.7. The van der Waals surface area contributed by atoms with Crippen LogP contribution >= 0.6 is 47.0 Å². The summed E-state index contributed by atoms with van der Waals surface area (Å²) in [6.07, 6.45) is 17.0. The fourth-order valence-electron chi connectivity index (χ4n) is 5.74. The van der Waals surface area contributed by atoms with Crippen molar-refractivity contribution in [3.05, 3.63) is 25.1 Å². The van der Waals surface area contributed by atoms with Crippen molar-refractivity contribution >= 4 is 83.8 Å². The molecular weight excluding hydrogens is 726 g/mol. The average Bonchev–Trinajstić information content (AvgIpc) is 3.59. The van der Waals surface area contributed by atoms with Gasteiger partial charge in [-0.1, -0.05) is 0 Å². The van der Waals surface area contributed by atoms with Crippen LogP contribution in [0, 0.1) is 0 Å². The van der Waals surface area contributed by atoms with Crippen LogP contribution in [0.4, 0.5) is 0 Å². The second kappa shape index (κ2) is 19.4. The normalized spacial score (nSPS) is 18.7. The number of rotatable bonds is 20. The molecule has 0 spiro atoms. The molecule has 2 aliphatic rings. The van der Waals surface area contributed by atoms with Crippen molar-refractivity contribution in [2.24, 2.45) is 0 Å². The second-order valence-electron chi connectivity index (χ2n) is 11.2. The van der Waals surface area contributed by atoms with Gasteiger partial charge in [0.05, 0.1) is 0 Å². The van der Waals surface area contributed by atoms with Crippen molar-refractivity contribution in [3.8, 4) is 0 Å². The van der Waals surface area contributed by atoms with Crippen molar-refractivity contribution in [2.45, 2.75) is 145 Å². The Labute approximate surface area is 251 Å². The van der Waals surface area contributed by atoms with Crippen LogP contribution in [-0.2, 0) is 0 Å². The summed E-state index contributed by atoms with van der Waals surface area (Å²) in [5, 5.41) is 5.37. The van der Waals surface area contributed by atoms with E-state index in [0.29, 0.717) is 0 Å². The summed E-state index contributed by atoms with van der Waals surface area (Å²) in [6.45, 7) is 14.4. The Morgan fingerprint density at radius 1 is 0.444 bits per heavy atom. The molecule has 6 heteroatoms. The zero-order valence-corrected chi connectivity index (χ0v) is 33.5. The van der Waals surface area contributed by atoms with Crippen LogP contribution in [0.3, 0.4) is 0 Å². The molecule has 2 heterocycles. The molecule has 0 unspecified atom stereocenters. The number of hydrogen-bond acceptors (Lipinski definition) is 4. The van der Waals surface area contributed by atoms with Gasteiger partial charge in [0.25, 0.3) is 0 Å². The van der Waals surface area contributed by atoms with Gasteiger partial charge in [0, 0.05) is 0 Å². The Morgan fingerprint density at radius 3 is 0.917 bits per heavy atom. The van der Waals surface area contributed by atoms with Gasteiger partial charge < -0.3 is 0 Å². The van der Waals surface area contributed by atoms with E-state index in [1.165, 1.54) is 77.0 Å². The molecule has 0 radical (unpaired) electrons. The molecule has 0 aromatic heterocycles. The Morgan fingerprint density at radius 2 is 0.694 bits per heavy atom. The molecule has 0 bridgehead atoms. The van der Waals surface area contributed by atoms with Crippen molar-refractivity contribution in [2.75, 3.05) is 0 Å². The molecule has 0 atom stereocenters. The van der Waals surface area contributed by atoms with Gasteiger partial charge in [-0.25, -0.2) is 0 Å². The zero-order chi connectivity index (χ0) is 26.3. The Balaban J connectivity index is 2.24. The SMILES string of the molecule is CCC[CH2][Sn]([CH2]CCC)([CH2]CCC)[C]1=CS/C(=C2\SC=[C]([Sn]([CH2]CCC)([CH2]CCC)[CH2]CCC)S2)S1. The third kappa shape index (κ3) is 10.2. The fraction of sp³-hybridized carbons (Fsp3) is 0.800. The van der Waals surface area contributed by atoms with E-state index in [1.807, 2.05) is 5.84 Å². The van der Waals surface area contributed by atoms with Gasteiger partial charge in [-0.05, 0) is 0 Å². The van der Waals surface area contributed by atoms with Gasteiger partial charge in [0.15, 0.2) is 0 Å². The Hall–Kier alpha value is 2.22. The monoisotopic (exact) mass is 784 g/mol. The summed E-state index contributed by atoms with van der Waals surface area (Å²) < 4.78 is 16.8. The summed E-state index contributed by atoms with van der Waals surface area (Å²) in [4.78, 5) is 0. The van der Waals surface area contributed by atoms with Crippen LogP contribution in [0.5, 0.6) is 0 Å². The molecule has 0 aromatic rings. The molecule has 2 aliphatic heterocycles. The topological polar surface area (TPSA) is 0 Å². The standard InChI is InChI=1S/C6H2S4.6C4H9.2Sn/c1-2-8-5(7-1)6-9-3-4-10-6;6*1-3-4-2;;/h1,3H;6*1,3-4H2,2H3;;/b6-5-;;;;;;;;. The van der Waals surface area contributed by atoms with E-state index in [2.05, 4.69) is 99.4 Å². The van der Waals surface area contributed by atoms with E-state index in [4.69, 9.17) is 0 Å². The van der Waals surface area contributed by atoms with Crippen molar-refractivity contribution < 1.29 is 0 Å². The molecule has 36 heavy (non-hydrogen) atoms. The zero-order valence-electron chi connectivity index (χ0n) is 24.5. The molecule has 0 fully saturated rings. The van der Waals surface area contributed by atoms with Gasteiger partial charge >= 0.3 is 254 Å². The van der Waals surface area contributed by atoms with Crippen molar-refractivity contribution in [1.82, 2.24) is 0 Å². The molecule has 0 N–H and O–H groups in total. The summed E-state index contributed by atoms with van der Waals surface area (Å²) in [5.41, 5.74) is 0. The van der Waals surface area contributed by atoms with E-state index < -0.39 is 36.8 Å². The van der Waals surface area contributed by atoms with E-state index >= 15 is 0 Å². The molecule has 0 aromatic carbocycles. The molecule has 0 saturated heterocycles. The van der Waals surface area contributed by atoms with Crippen LogP contribution in [-0.4, -0.2) is 36.8 Å². The van der Waals surface area contributed by atoms with Crippen molar-refractivity contribution in [3.63, 3.8) is 0 Å². The number of hydrogen-bond donors (Lipinski definition) is 0. The van der Waals surface area contributed by atoms with E-state index in [9.17, 15) is 0 Å². The van der Waals surface area contributed by atoms with Gasteiger partial charge in [-0.15, -0.1) is 0 Å². The molecule has 0 aliphatic carbocycles. The molecule has 0 nitrogen and oxygen atoms in total. The van der Waals surface area contributed by atoms with Crippen LogP contribution in [0.2, 0.25) is 26.6 Å². The van der Waals surface area contributed by atoms with Crippen LogP contribution < -0.4 is 0 Å². The summed E-state index contributed by atoms with van der Waals surface area (Å²) in [6, 6.07) is 0. The van der Waals surface area contributed by atoms with Crippen LogP contribution in [0.15, 0.2) is 25.1 Å². The summed E-state index contributed by atoms with van der Waals surface area (Å²) >= 11 is 4.19. The first kappa shape index (κ1) is 34.4. The average molecular weight is 782 g/mol. The van der Waals surface area contributed by atoms with Gasteiger partial charge in [-0.2, -0.15) is 0 Å². The summed E-state index contributed by atoms with van der Waals surface area (Å²) in [7, 11) is 0. The third-order valence-electron chi connectivity index (χ3n) is 8.22. The van der Waals surface area contributed by atoms with Crippen LogP contribution in [0.25, 0.3) is 0 Å². The minimum absolute atomic E-state index is 1.37. The Bertz CT molecular complexity index is 625. The summed E-state index contributed by atoms with van der Waals surface area (Å²) in [5.74, 6) is 0. The van der Waals surface area contributed by atoms with Crippen molar-refractivity contribution in [1.29, 1.82) is 0 Å². The fourth-order valence-corrected chi connectivity index (χ4v) is 53.1. The number of thioether (sulfide) groups is 4. The minimum atomic E-state index is -2.30. The second-order valence-corrected chi connectivity index (χ2v) is 43.9. The van der Waals surface area contributed by atoms with Gasteiger partial charge in [0.2, 0.25) is 0 Å². The molecule has 0 saturated carbocycles. The molecule has 2 rings (SSSR count). The molecule has 208 valence electrons. The maximum absolute atomic E-state index is 2.69. The van der Waals surface area contributed by atoms with E-state index in [0.717, 1.165) is 0 Å². The first-order chi connectivity index (χ1) is 17.5. The van der Waals surface area contributed by atoms with Crippen LogP contribution in [0.1, 0.15) is 119 Å². The van der Waals surface area contributed by atoms with E-state index in [-0.39, 0.29) is 0 Å². The van der Waals surface area contributed by atoms with E-state index in [1.54, 1.807) is 35.1 Å². The first-order valence-electron chi connectivity index (χ1n) is 15.4.